The fraction of sp³-hybridized carbons (Fsp3) is 0.222. The van der Waals surface area contributed by atoms with Gasteiger partial charge in [0.25, 0.3) is 0 Å². The van der Waals surface area contributed by atoms with Crippen LogP contribution in [0.4, 0.5) is 4.39 Å². The minimum absolute atomic E-state index is 0.0973. The second-order valence-electron chi connectivity index (χ2n) is 5.05. The average Bonchev–Trinajstić information content (AvgIpc) is 2.59. The summed E-state index contributed by atoms with van der Waals surface area (Å²) in [6, 6.07) is 12.7. The fourth-order valence-electron chi connectivity index (χ4n) is 2.04. The Bertz CT molecular complexity index is 666. The van der Waals surface area contributed by atoms with E-state index in [0.29, 0.717) is 12.1 Å². The number of Topliss-reactive ketones (excluding diaryl/α,β-unsaturated/α-hetero) is 1. The Kier molecular flexibility index (Phi) is 5.86. The van der Waals surface area contributed by atoms with Crippen LogP contribution in [0.2, 0.25) is 0 Å². The smallest absolute Gasteiger partial charge is 0.220 e. The molecule has 0 fully saturated rings. The molecule has 1 N–H and O–H groups in total. The molecule has 120 valence electrons. The summed E-state index contributed by atoms with van der Waals surface area (Å²) < 4.78 is 17.9. The summed E-state index contributed by atoms with van der Waals surface area (Å²) in [6.07, 6.45) is 0.201. The van der Waals surface area contributed by atoms with Crippen LogP contribution < -0.4 is 10.1 Å². The van der Waals surface area contributed by atoms with Crippen LogP contribution in [0, 0.1) is 5.82 Å². The van der Waals surface area contributed by atoms with Gasteiger partial charge in [-0.25, -0.2) is 4.39 Å². The molecule has 2 aromatic carbocycles. The van der Waals surface area contributed by atoms with Crippen LogP contribution >= 0.6 is 0 Å². The van der Waals surface area contributed by atoms with Crippen LogP contribution in [0.15, 0.2) is 48.5 Å². The third-order valence-electron chi connectivity index (χ3n) is 3.39. The molecule has 0 unspecified atom stereocenters. The van der Waals surface area contributed by atoms with Crippen LogP contribution in [0.5, 0.6) is 5.75 Å². The lowest BCUT2D eigenvalue weighted by Crippen LogP contribution is -2.23. The first-order chi connectivity index (χ1) is 11.1. The maximum absolute atomic E-state index is 12.8. The lowest BCUT2D eigenvalue weighted by atomic mass is 10.1. The zero-order chi connectivity index (χ0) is 16.7. The van der Waals surface area contributed by atoms with Gasteiger partial charge < -0.3 is 10.1 Å². The second-order valence-corrected chi connectivity index (χ2v) is 5.05. The molecular formula is C18H18FNO3. The summed E-state index contributed by atoms with van der Waals surface area (Å²) in [6.45, 7) is 0.396. The van der Waals surface area contributed by atoms with E-state index >= 15 is 0 Å². The van der Waals surface area contributed by atoms with Crippen LogP contribution in [-0.4, -0.2) is 18.8 Å². The van der Waals surface area contributed by atoms with E-state index < -0.39 is 5.82 Å². The minimum Gasteiger partial charge on any atom is -0.497 e. The summed E-state index contributed by atoms with van der Waals surface area (Å²) in [7, 11) is 1.59. The number of ether oxygens (including phenoxy) is 1. The average molecular weight is 315 g/mol. The number of benzene rings is 2. The Morgan fingerprint density at radius 3 is 2.26 bits per heavy atom. The molecular weight excluding hydrogens is 297 g/mol. The third-order valence-corrected chi connectivity index (χ3v) is 3.39. The van der Waals surface area contributed by atoms with Crippen molar-refractivity contribution >= 4 is 11.7 Å². The lowest BCUT2D eigenvalue weighted by Gasteiger charge is -2.06. The number of halogens is 1. The second kappa shape index (κ2) is 8.08. The highest BCUT2D eigenvalue weighted by atomic mass is 19.1. The highest BCUT2D eigenvalue weighted by Crippen LogP contribution is 2.11. The Morgan fingerprint density at radius 2 is 1.65 bits per heavy atom. The molecule has 4 nitrogen and oxygen atoms in total. The summed E-state index contributed by atoms with van der Waals surface area (Å²) in [4.78, 5) is 23.7. The van der Waals surface area contributed by atoms with Crippen molar-refractivity contribution in [2.24, 2.45) is 0 Å². The molecule has 0 heterocycles. The van der Waals surface area contributed by atoms with Crippen molar-refractivity contribution in [3.63, 3.8) is 0 Å². The molecule has 0 aliphatic heterocycles. The zero-order valence-electron chi connectivity index (χ0n) is 12.8. The number of hydrogen-bond acceptors (Lipinski definition) is 3. The van der Waals surface area contributed by atoms with Gasteiger partial charge in [-0.05, 0) is 42.0 Å². The molecule has 2 aromatic rings. The molecule has 0 saturated carbocycles. The first kappa shape index (κ1) is 16.7. The molecule has 0 aliphatic carbocycles. The number of amides is 1. The Labute approximate surface area is 134 Å². The van der Waals surface area contributed by atoms with Crippen LogP contribution in [0.1, 0.15) is 28.8 Å². The first-order valence-corrected chi connectivity index (χ1v) is 7.27. The van der Waals surface area contributed by atoms with Gasteiger partial charge in [0.15, 0.2) is 5.78 Å². The van der Waals surface area contributed by atoms with Crippen molar-refractivity contribution < 1.29 is 18.7 Å². The molecule has 5 heteroatoms. The van der Waals surface area contributed by atoms with Crippen molar-refractivity contribution in [1.29, 1.82) is 0 Å². The molecule has 0 bridgehead atoms. The van der Waals surface area contributed by atoms with Gasteiger partial charge in [0.2, 0.25) is 5.91 Å². The summed E-state index contributed by atoms with van der Waals surface area (Å²) in [5.74, 6) is -0.00960. The minimum atomic E-state index is -0.390. The van der Waals surface area contributed by atoms with Gasteiger partial charge >= 0.3 is 0 Å². The molecule has 23 heavy (non-hydrogen) atoms. The number of hydrogen-bond donors (Lipinski definition) is 1. The molecule has 2 rings (SSSR count). The van der Waals surface area contributed by atoms with E-state index in [9.17, 15) is 14.0 Å². The van der Waals surface area contributed by atoms with E-state index in [-0.39, 0.29) is 24.5 Å². The molecule has 0 aromatic heterocycles. The Balaban J connectivity index is 1.76. The number of ketones is 1. The number of carbonyl (C=O) groups is 2. The monoisotopic (exact) mass is 315 g/mol. The van der Waals surface area contributed by atoms with E-state index in [1.807, 2.05) is 24.3 Å². The molecule has 0 spiro atoms. The van der Waals surface area contributed by atoms with Crippen LogP contribution in [-0.2, 0) is 11.3 Å². The van der Waals surface area contributed by atoms with Crippen molar-refractivity contribution in [3.05, 3.63) is 65.5 Å². The molecule has 0 saturated heterocycles. The van der Waals surface area contributed by atoms with E-state index in [2.05, 4.69) is 5.32 Å². The predicted octanol–water partition coefficient (Wildman–Crippen LogP) is 3.11. The maximum Gasteiger partial charge on any atom is 0.220 e. The Morgan fingerprint density at radius 1 is 1.00 bits per heavy atom. The summed E-state index contributed by atoms with van der Waals surface area (Å²) in [5.41, 5.74) is 1.36. The Hall–Kier alpha value is -2.69. The van der Waals surface area contributed by atoms with Gasteiger partial charge in [-0.3, -0.25) is 9.59 Å². The molecule has 0 atom stereocenters. The normalized spacial score (nSPS) is 10.2. The van der Waals surface area contributed by atoms with E-state index in [0.717, 1.165) is 11.3 Å². The van der Waals surface area contributed by atoms with Crippen LogP contribution in [0.25, 0.3) is 0 Å². The summed E-state index contributed by atoms with van der Waals surface area (Å²) in [5, 5.41) is 2.76. The standard InChI is InChI=1S/C18H18FNO3/c1-23-16-8-2-13(3-9-16)12-20-18(22)11-10-17(21)14-4-6-15(19)7-5-14/h2-9H,10-12H2,1H3,(H,20,22). The predicted molar refractivity (Wildman–Crippen MR) is 84.8 cm³/mol. The lowest BCUT2D eigenvalue weighted by molar-refractivity contribution is -0.121. The van der Waals surface area contributed by atoms with Gasteiger partial charge in [0.1, 0.15) is 11.6 Å². The molecule has 0 aliphatic rings. The fourth-order valence-corrected chi connectivity index (χ4v) is 2.04. The van der Waals surface area contributed by atoms with Gasteiger partial charge in [0, 0.05) is 24.9 Å². The molecule has 0 radical (unpaired) electrons. The van der Waals surface area contributed by atoms with Crippen molar-refractivity contribution in [3.8, 4) is 5.75 Å². The highest BCUT2D eigenvalue weighted by molar-refractivity contribution is 5.97. The topological polar surface area (TPSA) is 55.4 Å². The van der Waals surface area contributed by atoms with Crippen molar-refractivity contribution in [1.82, 2.24) is 5.32 Å². The third kappa shape index (κ3) is 5.21. The molecule has 1 amide bonds. The maximum atomic E-state index is 12.8. The van der Waals surface area contributed by atoms with E-state index in [4.69, 9.17) is 4.74 Å². The van der Waals surface area contributed by atoms with Crippen LogP contribution in [0.3, 0.4) is 0 Å². The van der Waals surface area contributed by atoms with Gasteiger partial charge in [-0.2, -0.15) is 0 Å². The number of rotatable bonds is 7. The number of carbonyl (C=O) groups excluding carboxylic acids is 2. The first-order valence-electron chi connectivity index (χ1n) is 7.27. The van der Waals surface area contributed by atoms with Gasteiger partial charge in [0.05, 0.1) is 7.11 Å². The largest absolute Gasteiger partial charge is 0.497 e. The van der Waals surface area contributed by atoms with Gasteiger partial charge in [-0.15, -0.1) is 0 Å². The SMILES string of the molecule is COc1ccc(CNC(=O)CCC(=O)c2ccc(F)cc2)cc1. The zero-order valence-corrected chi connectivity index (χ0v) is 12.8. The number of nitrogens with one attached hydrogen (secondary N) is 1. The van der Waals surface area contributed by atoms with Gasteiger partial charge in [-0.1, -0.05) is 12.1 Å². The van der Waals surface area contributed by atoms with E-state index in [1.165, 1.54) is 24.3 Å². The van der Waals surface area contributed by atoms with E-state index in [1.54, 1.807) is 7.11 Å². The highest BCUT2D eigenvalue weighted by Gasteiger charge is 2.09. The van der Waals surface area contributed by atoms with Crippen molar-refractivity contribution in [2.75, 3.05) is 7.11 Å². The van der Waals surface area contributed by atoms with Crippen molar-refractivity contribution in [2.45, 2.75) is 19.4 Å². The number of methoxy groups -OCH3 is 1. The quantitative estimate of drug-likeness (QED) is 0.799. The summed E-state index contributed by atoms with van der Waals surface area (Å²) >= 11 is 0.